The van der Waals surface area contributed by atoms with Crippen LogP contribution in [0, 0.1) is 0 Å². The zero-order valence-corrected chi connectivity index (χ0v) is 13.3. The van der Waals surface area contributed by atoms with Crippen molar-refractivity contribution in [3.63, 3.8) is 0 Å². The quantitative estimate of drug-likeness (QED) is 0.899. The van der Waals surface area contributed by atoms with Crippen LogP contribution >= 0.6 is 11.6 Å². The summed E-state index contributed by atoms with van der Waals surface area (Å²) < 4.78 is 27.5. The van der Waals surface area contributed by atoms with Crippen molar-refractivity contribution in [3.05, 3.63) is 34.9 Å². The van der Waals surface area contributed by atoms with Gasteiger partial charge in [-0.3, -0.25) is 4.79 Å². The van der Waals surface area contributed by atoms with Gasteiger partial charge in [0, 0.05) is 24.5 Å². The molecule has 0 bridgehead atoms. The molecule has 1 heterocycles. The highest BCUT2D eigenvalue weighted by Crippen LogP contribution is 2.13. The molecule has 0 spiro atoms. The van der Waals surface area contributed by atoms with Crippen LogP contribution in [-0.2, 0) is 21.4 Å². The van der Waals surface area contributed by atoms with Crippen LogP contribution in [0.4, 0.5) is 0 Å². The Hall–Kier alpha value is -1.11. The highest BCUT2D eigenvalue weighted by molar-refractivity contribution is 7.87. The molecule has 1 amide bonds. The summed E-state index contributed by atoms with van der Waals surface area (Å²) in [4.78, 5) is 11.8. The maximum atomic E-state index is 12.0. The number of halogens is 1. The third kappa shape index (κ3) is 4.98. The van der Waals surface area contributed by atoms with Crippen LogP contribution in [0.15, 0.2) is 24.3 Å². The molecule has 0 atom stereocenters. The smallest absolute Gasteiger partial charge is 0.274 e. The Labute approximate surface area is 130 Å². The molecule has 0 aliphatic carbocycles. The van der Waals surface area contributed by atoms with Gasteiger partial charge in [-0.05, 0) is 37.0 Å². The number of rotatable bonds is 5. The Bertz CT molecular complexity index is 598. The fraction of sp³-hybridized carbons (Fsp3) is 0.500. The van der Waals surface area contributed by atoms with Gasteiger partial charge >= 0.3 is 10.2 Å². The third-order valence-corrected chi connectivity index (χ3v) is 5.19. The Morgan fingerprint density at radius 2 is 1.95 bits per heavy atom. The maximum Gasteiger partial charge on any atom is 0.303 e. The van der Waals surface area contributed by atoms with E-state index in [4.69, 9.17) is 11.6 Å². The van der Waals surface area contributed by atoms with Crippen LogP contribution in [0.25, 0.3) is 0 Å². The summed E-state index contributed by atoms with van der Waals surface area (Å²) >= 11 is 5.87. The lowest BCUT2D eigenvalue weighted by molar-refractivity contribution is -0.119. The number of nitrogens with zero attached hydrogens (tertiary/aromatic N) is 1. The van der Waals surface area contributed by atoms with Gasteiger partial charge < -0.3 is 0 Å². The molecule has 0 radical (unpaired) electrons. The fourth-order valence-electron chi connectivity index (χ4n) is 2.32. The maximum absolute atomic E-state index is 12.0. The minimum atomic E-state index is -3.69. The number of nitrogens with one attached hydrogen (secondary N) is 1. The Kier molecular flexibility index (Phi) is 5.61. The standard InChI is InChI=1S/C14H19ClN2O3S/c15-13-6-4-5-12(11-13)7-8-14(18)16-21(19,20)17-9-2-1-3-10-17/h4-6,11H,1-3,7-10H2,(H,16,18). The van der Waals surface area contributed by atoms with Crippen molar-refractivity contribution in [1.82, 2.24) is 9.03 Å². The van der Waals surface area contributed by atoms with E-state index < -0.39 is 16.1 Å². The summed E-state index contributed by atoms with van der Waals surface area (Å²) in [6.07, 6.45) is 3.30. The summed E-state index contributed by atoms with van der Waals surface area (Å²) in [6.45, 7) is 0.966. The number of carbonyl (C=O) groups excluding carboxylic acids is 1. The van der Waals surface area contributed by atoms with Crippen LogP contribution in [-0.4, -0.2) is 31.7 Å². The minimum absolute atomic E-state index is 0.118. The van der Waals surface area contributed by atoms with Gasteiger partial charge in [-0.15, -0.1) is 0 Å². The van der Waals surface area contributed by atoms with Crippen molar-refractivity contribution in [2.24, 2.45) is 0 Å². The number of carbonyl (C=O) groups is 1. The van der Waals surface area contributed by atoms with Crippen molar-refractivity contribution in [3.8, 4) is 0 Å². The second kappa shape index (κ2) is 7.24. The fourth-order valence-corrected chi connectivity index (χ4v) is 3.79. The monoisotopic (exact) mass is 330 g/mol. The molecule has 1 aliphatic heterocycles. The lowest BCUT2D eigenvalue weighted by Crippen LogP contribution is -2.45. The first-order chi connectivity index (χ1) is 9.97. The van der Waals surface area contributed by atoms with E-state index in [1.165, 1.54) is 4.31 Å². The normalized spacial score (nSPS) is 16.6. The van der Waals surface area contributed by atoms with E-state index in [0.717, 1.165) is 24.8 Å². The average molecular weight is 331 g/mol. The number of hydrogen-bond acceptors (Lipinski definition) is 3. The zero-order chi connectivity index (χ0) is 15.3. The molecule has 1 aromatic rings. The van der Waals surface area contributed by atoms with Crippen LogP contribution in [0.5, 0.6) is 0 Å². The van der Waals surface area contributed by atoms with Gasteiger partial charge in [0.1, 0.15) is 0 Å². The van der Waals surface area contributed by atoms with Crippen LogP contribution < -0.4 is 4.72 Å². The number of aryl methyl sites for hydroxylation is 1. The summed E-state index contributed by atoms with van der Waals surface area (Å²) in [7, 11) is -3.69. The lowest BCUT2D eigenvalue weighted by atomic mass is 10.1. The van der Waals surface area contributed by atoms with Crippen LogP contribution in [0.1, 0.15) is 31.2 Å². The summed E-state index contributed by atoms with van der Waals surface area (Å²) in [5, 5.41) is 0.605. The van der Waals surface area contributed by atoms with E-state index in [1.807, 2.05) is 6.07 Å². The Morgan fingerprint density at radius 1 is 1.24 bits per heavy atom. The molecule has 0 saturated carbocycles. The second-order valence-electron chi connectivity index (χ2n) is 5.12. The second-order valence-corrected chi connectivity index (χ2v) is 7.23. The van der Waals surface area contributed by atoms with Crippen molar-refractivity contribution >= 4 is 27.7 Å². The molecule has 1 saturated heterocycles. The number of amides is 1. The molecule has 7 heteroatoms. The SMILES string of the molecule is O=C(CCc1cccc(Cl)c1)NS(=O)(=O)N1CCCCC1. The van der Waals surface area contributed by atoms with E-state index in [0.29, 0.717) is 24.5 Å². The van der Waals surface area contributed by atoms with E-state index in [2.05, 4.69) is 4.72 Å². The molecule has 2 rings (SSSR count). The van der Waals surface area contributed by atoms with Crippen molar-refractivity contribution in [1.29, 1.82) is 0 Å². The Morgan fingerprint density at radius 3 is 2.62 bits per heavy atom. The van der Waals surface area contributed by atoms with Crippen molar-refractivity contribution < 1.29 is 13.2 Å². The number of piperidine rings is 1. The third-order valence-electron chi connectivity index (χ3n) is 3.43. The predicted molar refractivity (Wildman–Crippen MR) is 82.3 cm³/mol. The molecule has 21 heavy (non-hydrogen) atoms. The highest BCUT2D eigenvalue weighted by atomic mass is 35.5. The number of hydrogen-bond donors (Lipinski definition) is 1. The average Bonchev–Trinajstić information content (AvgIpc) is 2.46. The van der Waals surface area contributed by atoms with Crippen LogP contribution in [0.2, 0.25) is 5.02 Å². The van der Waals surface area contributed by atoms with Gasteiger partial charge in [-0.2, -0.15) is 12.7 Å². The minimum Gasteiger partial charge on any atom is -0.274 e. The van der Waals surface area contributed by atoms with E-state index in [9.17, 15) is 13.2 Å². The van der Waals surface area contributed by atoms with Gasteiger partial charge in [-0.1, -0.05) is 30.2 Å². The van der Waals surface area contributed by atoms with Crippen LogP contribution in [0.3, 0.4) is 0 Å². The van der Waals surface area contributed by atoms with E-state index >= 15 is 0 Å². The van der Waals surface area contributed by atoms with Gasteiger partial charge in [-0.25, -0.2) is 4.72 Å². The summed E-state index contributed by atoms with van der Waals surface area (Å²) in [6, 6.07) is 7.19. The van der Waals surface area contributed by atoms with Crippen molar-refractivity contribution in [2.45, 2.75) is 32.1 Å². The first-order valence-electron chi connectivity index (χ1n) is 7.02. The molecule has 0 unspecified atom stereocenters. The summed E-state index contributed by atoms with van der Waals surface area (Å²) in [5.41, 5.74) is 0.910. The first-order valence-corrected chi connectivity index (χ1v) is 8.84. The molecule has 1 aliphatic rings. The molecule has 1 N–H and O–H groups in total. The largest absolute Gasteiger partial charge is 0.303 e. The van der Waals surface area contributed by atoms with Gasteiger partial charge in [0.2, 0.25) is 5.91 Å². The van der Waals surface area contributed by atoms with E-state index in [1.54, 1.807) is 18.2 Å². The van der Waals surface area contributed by atoms with Gasteiger partial charge in [0.05, 0.1) is 0 Å². The molecule has 1 aromatic carbocycles. The van der Waals surface area contributed by atoms with Crippen molar-refractivity contribution in [2.75, 3.05) is 13.1 Å². The first kappa shape index (κ1) is 16.3. The lowest BCUT2D eigenvalue weighted by Gasteiger charge is -2.25. The molecular formula is C14H19ClN2O3S. The molecular weight excluding hydrogens is 312 g/mol. The molecule has 5 nitrogen and oxygen atoms in total. The molecule has 0 aromatic heterocycles. The predicted octanol–water partition coefficient (Wildman–Crippen LogP) is 2.12. The topological polar surface area (TPSA) is 66.5 Å². The Balaban J connectivity index is 1.86. The van der Waals surface area contributed by atoms with Gasteiger partial charge in [0.25, 0.3) is 0 Å². The highest BCUT2D eigenvalue weighted by Gasteiger charge is 2.25. The van der Waals surface area contributed by atoms with Gasteiger partial charge in [0.15, 0.2) is 0 Å². The molecule has 116 valence electrons. The van der Waals surface area contributed by atoms with E-state index in [-0.39, 0.29) is 6.42 Å². The zero-order valence-electron chi connectivity index (χ0n) is 11.7. The number of benzene rings is 1. The molecule has 1 fully saturated rings. The summed E-state index contributed by atoms with van der Waals surface area (Å²) in [5.74, 6) is -0.486.